The van der Waals surface area contributed by atoms with Crippen LogP contribution in [0.25, 0.3) is 0 Å². The maximum absolute atomic E-state index is 12.5. The number of hydrogen-bond donors (Lipinski definition) is 1. The van der Waals surface area contributed by atoms with Crippen LogP contribution >= 0.6 is 0 Å². The van der Waals surface area contributed by atoms with Gasteiger partial charge in [0, 0.05) is 31.9 Å². The lowest BCUT2D eigenvalue weighted by Crippen LogP contribution is -2.51. The summed E-state index contributed by atoms with van der Waals surface area (Å²) in [6.45, 7) is 3.01. The van der Waals surface area contributed by atoms with Gasteiger partial charge in [-0.2, -0.15) is 0 Å². The van der Waals surface area contributed by atoms with E-state index in [1.165, 1.54) is 0 Å². The molecule has 5 heteroatoms. The van der Waals surface area contributed by atoms with Gasteiger partial charge in [0.2, 0.25) is 0 Å². The molecule has 2 rings (SSSR count). The van der Waals surface area contributed by atoms with Crippen LogP contribution in [-0.4, -0.2) is 48.1 Å². The van der Waals surface area contributed by atoms with Crippen molar-refractivity contribution in [2.45, 2.75) is 31.9 Å². The number of hydrogen-bond acceptors (Lipinski definition) is 4. The van der Waals surface area contributed by atoms with Gasteiger partial charge in [-0.05, 0) is 31.9 Å². The van der Waals surface area contributed by atoms with E-state index in [4.69, 9.17) is 10.5 Å². The lowest BCUT2D eigenvalue weighted by molar-refractivity contribution is 0.0136. The van der Waals surface area contributed by atoms with Crippen LogP contribution in [0.2, 0.25) is 0 Å². The number of nitrogens with zero attached hydrogens (tertiary/aromatic N) is 2. The van der Waals surface area contributed by atoms with E-state index in [2.05, 4.69) is 4.98 Å². The molecule has 1 aromatic rings. The van der Waals surface area contributed by atoms with Crippen molar-refractivity contribution in [1.82, 2.24) is 9.88 Å². The van der Waals surface area contributed by atoms with Crippen LogP contribution in [0.4, 0.5) is 0 Å². The third-order valence-corrected chi connectivity index (χ3v) is 3.64. The van der Waals surface area contributed by atoms with Crippen molar-refractivity contribution in [3.8, 4) is 0 Å². The summed E-state index contributed by atoms with van der Waals surface area (Å²) in [7, 11) is 1.71. The molecule has 2 N–H and O–H groups in total. The van der Waals surface area contributed by atoms with Crippen molar-refractivity contribution in [3.05, 3.63) is 29.6 Å². The zero-order valence-corrected chi connectivity index (χ0v) is 11.5. The predicted octanol–water partition coefficient (Wildman–Crippen LogP) is 0.968. The van der Waals surface area contributed by atoms with Crippen molar-refractivity contribution < 1.29 is 9.53 Å². The summed E-state index contributed by atoms with van der Waals surface area (Å²) in [5.74, 6) is -0.0336. The summed E-state index contributed by atoms with van der Waals surface area (Å²) >= 11 is 0. The lowest BCUT2D eigenvalue weighted by Gasteiger charge is -2.38. The molecule has 0 aromatic carbocycles. The number of aromatic nitrogens is 1. The number of nitrogens with two attached hydrogens (primary N) is 1. The van der Waals surface area contributed by atoms with Gasteiger partial charge in [-0.25, -0.2) is 4.98 Å². The summed E-state index contributed by atoms with van der Waals surface area (Å²) in [5, 5.41) is 0. The third kappa shape index (κ3) is 3.11. The van der Waals surface area contributed by atoms with Gasteiger partial charge >= 0.3 is 0 Å². The number of methoxy groups -OCH3 is 1. The molecule has 1 amide bonds. The van der Waals surface area contributed by atoms with Crippen LogP contribution < -0.4 is 5.73 Å². The summed E-state index contributed by atoms with van der Waals surface area (Å²) < 4.78 is 5.37. The smallest absolute Gasteiger partial charge is 0.272 e. The maximum atomic E-state index is 12.5. The average Bonchev–Trinajstić information content (AvgIpc) is 2.45. The predicted molar refractivity (Wildman–Crippen MR) is 72.9 cm³/mol. The van der Waals surface area contributed by atoms with Crippen molar-refractivity contribution in [1.29, 1.82) is 0 Å². The Morgan fingerprint density at radius 1 is 1.58 bits per heavy atom. The minimum absolute atomic E-state index is 0.0336. The van der Waals surface area contributed by atoms with Gasteiger partial charge < -0.3 is 15.4 Å². The normalized spacial score (nSPS) is 23.4. The Balaban J connectivity index is 2.14. The summed E-state index contributed by atoms with van der Waals surface area (Å²) in [4.78, 5) is 18.6. The Morgan fingerprint density at radius 2 is 2.37 bits per heavy atom. The van der Waals surface area contributed by atoms with Gasteiger partial charge in [0.05, 0.1) is 6.10 Å². The Hall–Kier alpha value is -1.46. The first-order chi connectivity index (χ1) is 9.15. The molecule has 1 saturated heterocycles. The number of carbonyl (C=O) groups excluding carboxylic acids is 1. The van der Waals surface area contributed by atoms with Crippen molar-refractivity contribution >= 4 is 5.91 Å². The largest absolute Gasteiger partial charge is 0.381 e. The zero-order valence-electron chi connectivity index (χ0n) is 11.5. The minimum Gasteiger partial charge on any atom is -0.381 e. The van der Waals surface area contributed by atoms with Crippen molar-refractivity contribution in [2.75, 3.05) is 20.2 Å². The molecule has 19 heavy (non-hydrogen) atoms. The molecule has 2 atom stereocenters. The number of rotatable bonds is 3. The number of aryl methyl sites for hydroxylation is 1. The molecular formula is C14H21N3O2. The van der Waals surface area contributed by atoms with E-state index in [9.17, 15) is 4.79 Å². The van der Waals surface area contributed by atoms with Gasteiger partial charge in [-0.1, -0.05) is 6.07 Å². The molecule has 0 radical (unpaired) electrons. The highest BCUT2D eigenvalue weighted by Gasteiger charge is 2.31. The van der Waals surface area contributed by atoms with Gasteiger partial charge in [0.25, 0.3) is 5.91 Å². The summed E-state index contributed by atoms with van der Waals surface area (Å²) in [5.41, 5.74) is 7.13. The fourth-order valence-corrected chi connectivity index (χ4v) is 2.53. The number of likely N-dealkylation sites (tertiary alicyclic amines) is 1. The van der Waals surface area contributed by atoms with E-state index in [-0.39, 0.29) is 18.1 Å². The van der Waals surface area contributed by atoms with E-state index in [1.54, 1.807) is 13.2 Å². The molecule has 0 bridgehead atoms. The monoisotopic (exact) mass is 263 g/mol. The second-order valence-corrected chi connectivity index (χ2v) is 4.93. The van der Waals surface area contributed by atoms with Crippen LogP contribution in [0.3, 0.4) is 0 Å². The number of amides is 1. The van der Waals surface area contributed by atoms with Gasteiger partial charge in [0.1, 0.15) is 5.69 Å². The van der Waals surface area contributed by atoms with E-state index >= 15 is 0 Å². The highest BCUT2D eigenvalue weighted by molar-refractivity contribution is 5.92. The number of piperidine rings is 1. The molecule has 2 unspecified atom stereocenters. The van der Waals surface area contributed by atoms with Gasteiger partial charge in [-0.15, -0.1) is 0 Å². The molecule has 104 valence electrons. The Morgan fingerprint density at radius 3 is 3.00 bits per heavy atom. The molecule has 2 heterocycles. The topological polar surface area (TPSA) is 68.5 Å². The van der Waals surface area contributed by atoms with Crippen LogP contribution in [-0.2, 0) is 4.74 Å². The fraction of sp³-hybridized carbons (Fsp3) is 0.571. The molecule has 0 aliphatic carbocycles. The molecule has 0 saturated carbocycles. The van der Waals surface area contributed by atoms with Crippen molar-refractivity contribution in [3.63, 3.8) is 0 Å². The first-order valence-electron chi connectivity index (χ1n) is 6.63. The highest BCUT2D eigenvalue weighted by Crippen LogP contribution is 2.20. The Labute approximate surface area is 113 Å². The van der Waals surface area contributed by atoms with Crippen LogP contribution in [0.1, 0.15) is 29.0 Å². The quantitative estimate of drug-likeness (QED) is 0.882. The SMILES string of the molecule is COC1CCN(C(=O)c2cccc(C)n2)C(CN)C1. The van der Waals surface area contributed by atoms with Crippen molar-refractivity contribution in [2.24, 2.45) is 5.73 Å². The molecule has 1 aliphatic rings. The summed E-state index contributed by atoms with van der Waals surface area (Å²) in [6.07, 6.45) is 1.85. The lowest BCUT2D eigenvalue weighted by atomic mass is 9.98. The summed E-state index contributed by atoms with van der Waals surface area (Å²) in [6, 6.07) is 5.53. The van der Waals surface area contributed by atoms with E-state index in [0.717, 1.165) is 18.5 Å². The van der Waals surface area contributed by atoms with Gasteiger partial charge in [0.15, 0.2) is 0 Å². The van der Waals surface area contributed by atoms with Crippen LogP contribution in [0.15, 0.2) is 18.2 Å². The second-order valence-electron chi connectivity index (χ2n) is 4.93. The molecule has 1 aromatic heterocycles. The molecule has 1 aliphatic heterocycles. The number of pyridine rings is 1. The first-order valence-corrected chi connectivity index (χ1v) is 6.63. The number of carbonyl (C=O) groups is 1. The molecule has 0 spiro atoms. The minimum atomic E-state index is -0.0336. The van der Waals surface area contributed by atoms with Crippen LogP contribution in [0.5, 0.6) is 0 Å². The van der Waals surface area contributed by atoms with E-state index < -0.39 is 0 Å². The first kappa shape index (κ1) is 14.0. The standard InChI is InChI=1S/C14H21N3O2/c1-10-4-3-5-13(16-10)14(18)17-7-6-12(19-2)8-11(17)9-15/h3-5,11-12H,6-9,15H2,1-2H3. The van der Waals surface area contributed by atoms with Crippen LogP contribution in [0, 0.1) is 6.92 Å². The molecular weight excluding hydrogens is 242 g/mol. The second kappa shape index (κ2) is 6.12. The number of ether oxygens (including phenoxy) is 1. The van der Waals surface area contributed by atoms with Gasteiger partial charge in [-0.3, -0.25) is 4.79 Å². The molecule has 5 nitrogen and oxygen atoms in total. The van der Waals surface area contributed by atoms with E-state index in [1.807, 2.05) is 24.0 Å². The van der Waals surface area contributed by atoms with E-state index in [0.29, 0.717) is 18.8 Å². The maximum Gasteiger partial charge on any atom is 0.272 e. The molecule has 1 fully saturated rings. The average molecular weight is 263 g/mol. The highest BCUT2D eigenvalue weighted by atomic mass is 16.5. The Kier molecular flexibility index (Phi) is 4.50. The fourth-order valence-electron chi connectivity index (χ4n) is 2.53. The zero-order chi connectivity index (χ0) is 13.8. The third-order valence-electron chi connectivity index (χ3n) is 3.64. The Bertz CT molecular complexity index is 450.